The minimum Gasteiger partial charge on any atom is -0.497 e. The first kappa shape index (κ1) is 11.9. The van der Waals surface area contributed by atoms with E-state index in [2.05, 4.69) is 9.97 Å². The maximum atomic E-state index is 7.94. The van der Waals surface area contributed by atoms with Crippen molar-refractivity contribution in [3.8, 4) is 5.75 Å². The first-order chi connectivity index (χ1) is 8.69. The largest absolute Gasteiger partial charge is 0.497 e. The molecule has 0 saturated carbocycles. The molecule has 4 N–H and O–H groups in total. The summed E-state index contributed by atoms with van der Waals surface area (Å²) in [5, 5.41) is 7.94. The van der Waals surface area contributed by atoms with E-state index in [0.29, 0.717) is 17.4 Å². The number of nitrogens with zero attached hydrogens (tertiary/aromatic N) is 1. The van der Waals surface area contributed by atoms with Crippen LogP contribution in [0.4, 0.5) is 5.82 Å². The Morgan fingerprint density at radius 1 is 1.50 bits per heavy atom. The van der Waals surface area contributed by atoms with E-state index in [1.165, 1.54) is 6.20 Å². The van der Waals surface area contributed by atoms with Crippen LogP contribution in [-0.4, -0.2) is 22.8 Å². The number of nitrogens with one attached hydrogen (secondary N) is 2. The van der Waals surface area contributed by atoms with Crippen LogP contribution in [0.1, 0.15) is 11.4 Å². The molecule has 0 amide bonds. The van der Waals surface area contributed by atoms with Crippen molar-refractivity contribution >= 4 is 17.6 Å². The molecule has 0 saturated heterocycles. The van der Waals surface area contributed by atoms with Gasteiger partial charge in [-0.15, -0.1) is 0 Å². The smallest absolute Gasteiger partial charge is 0.131 e. The van der Waals surface area contributed by atoms with Gasteiger partial charge in [0.05, 0.1) is 19.0 Å². The van der Waals surface area contributed by atoms with E-state index in [0.717, 1.165) is 11.3 Å². The van der Waals surface area contributed by atoms with Gasteiger partial charge in [-0.3, -0.25) is 0 Å². The van der Waals surface area contributed by atoms with Crippen molar-refractivity contribution in [3.63, 3.8) is 0 Å². The van der Waals surface area contributed by atoms with Crippen LogP contribution in [0.25, 0.3) is 6.08 Å². The van der Waals surface area contributed by atoms with Crippen LogP contribution in [-0.2, 0) is 0 Å². The average Bonchev–Trinajstić information content (AvgIpc) is 2.82. The lowest BCUT2D eigenvalue weighted by atomic mass is 10.1. The van der Waals surface area contributed by atoms with Gasteiger partial charge in [-0.1, -0.05) is 12.1 Å². The number of allylic oxidation sites excluding steroid dienone is 1. The summed E-state index contributed by atoms with van der Waals surface area (Å²) in [4.78, 5) is 6.89. The second-order valence-corrected chi connectivity index (χ2v) is 3.70. The predicted molar refractivity (Wildman–Crippen MR) is 71.9 cm³/mol. The Labute approximate surface area is 105 Å². The fourth-order valence-electron chi connectivity index (χ4n) is 1.49. The fourth-order valence-corrected chi connectivity index (χ4v) is 1.49. The predicted octanol–water partition coefficient (Wildman–Crippen LogP) is 2.08. The Balaban J connectivity index is 2.14. The summed E-state index contributed by atoms with van der Waals surface area (Å²) >= 11 is 0. The van der Waals surface area contributed by atoms with Gasteiger partial charge in [0.1, 0.15) is 17.4 Å². The number of aromatic amines is 1. The minimum atomic E-state index is 0.379. The monoisotopic (exact) mass is 242 g/mol. The summed E-state index contributed by atoms with van der Waals surface area (Å²) in [5.74, 6) is 1.86. The number of hydrogen-bond donors (Lipinski definition) is 3. The summed E-state index contributed by atoms with van der Waals surface area (Å²) in [6.45, 7) is 0. The summed E-state index contributed by atoms with van der Waals surface area (Å²) in [5.41, 5.74) is 6.67. The van der Waals surface area contributed by atoms with Gasteiger partial charge in [0.25, 0.3) is 0 Å². The fraction of sp³-hybridized carbons (Fsp3) is 0.0769. The Bertz CT molecular complexity index is 586. The third-order valence-corrected chi connectivity index (χ3v) is 2.40. The summed E-state index contributed by atoms with van der Waals surface area (Å²) < 4.78 is 5.12. The lowest BCUT2D eigenvalue weighted by Gasteiger charge is -2.02. The summed E-state index contributed by atoms with van der Waals surface area (Å²) in [7, 11) is 1.60. The highest BCUT2D eigenvalue weighted by Gasteiger charge is 2.00. The second-order valence-electron chi connectivity index (χ2n) is 3.70. The van der Waals surface area contributed by atoms with Crippen LogP contribution in [0, 0.1) is 5.41 Å². The molecule has 0 unspecified atom stereocenters. The lowest BCUT2D eigenvalue weighted by Crippen LogP contribution is -1.95. The zero-order chi connectivity index (χ0) is 13.0. The Morgan fingerprint density at radius 3 is 3.00 bits per heavy atom. The molecule has 2 aromatic rings. The third kappa shape index (κ3) is 2.76. The molecule has 0 fully saturated rings. The topological polar surface area (TPSA) is 87.8 Å². The van der Waals surface area contributed by atoms with Crippen molar-refractivity contribution < 1.29 is 4.74 Å². The van der Waals surface area contributed by atoms with E-state index < -0.39 is 0 Å². The normalized spacial score (nSPS) is 10.7. The molecule has 0 aliphatic carbocycles. The Hall–Kier alpha value is -2.56. The molecule has 1 aromatic carbocycles. The molecule has 18 heavy (non-hydrogen) atoms. The lowest BCUT2D eigenvalue weighted by molar-refractivity contribution is 0.414. The molecule has 0 spiro atoms. The molecule has 1 heterocycles. The molecule has 1 aromatic heterocycles. The Morgan fingerprint density at radius 2 is 2.33 bits per heavy atom. The van der Waals surface area contributed by atoms with E-state index in [1.807, 2.05) is 24.3 Å². The van der Waals surface area contributed by atoms with E-state index >= 15 is 0 Å². The molecule has 2 rings (SSSR count). The van der Waals surface area contributed by atoms with Crippen molar-refractivity contribution in [2.75, 3.05) is 12.8 Å². The van der Waals surface area contributed by atoms with Crippen LogP contribution >= 0.6 is 0 Å². The molecule has 0 aliphatic rings. The number of aromatic nitrogens is 2. The summed E-state index contributed by atoms with van der Waals surface area (Å²) in [6.07, 6.45) is 4.90. The second kappa shape index (κ2) is 5.18. The summed E-state index contributed by atoms with van der Waals surface area (Å²) in [6, 6.07) is 7.35. The first-order valence-corrected chi connectivity index (χ1v) is 5.40. The number of H-pyrrole nitrogens is 1. The number of anilines is 1. The highest BCUT2D eigenvalue weighted by Crippen LogP contribution is 2.13. The van der Waals surface area contributed by atoms with E-state index in [4.69, 9.17) is 15.9 Å². The Kier molecular flexibility index (Phi) is 3.43. The third-order valence-electron chi connectivity index (χ3n) is 2.40. The van der Waals surface area contributed by atoms with Crippen molar-refractivity contribution in [2.24, 2.45) is 0 Å². The van der Waals surface area contributed by atoms with Gasteiger partial charge in [-0.2, -0.15) is 0 Å². The van der Waals surface area contributed by atoms with E-state index in [1.54, 1.807) is 19.3 Å². The highest BCUT2D eigenvalue weighted by molar-refractivity contribution is 6.08. The van der Waals surface area contributed by atoms with Gasteiger partial charge < -0.3 is 20.9 Å². The minimum absolute atomic E-state index is 0.379. The van der Waals surface area contributed by atoms with Gasteiger partial charge in [-0.05, 0) is 24.3 Å². The molecule has 0 atom stereocenters. The number of nitrogen functional groups attached to an aromatic ring is 1. The molecular weight excluding hydrogens is 228 g/mol. The quantitative estimate of drug-likeness (QED) is 0.717. The molecule has 92 valence electrons. The van der Waals surface area contributed by atoms with Crippen molar-refractivity contribution in [3.05, 3.63) is 47.9 Å². The van der Waals surface area contributed by atoms with Gasteiger partial charge in [-0.25, -0.2) is 4.98 Å². The van der Waals surface area contributed by atoms with Crippen LogP contribution in [0.15, 0.2) is 36.5 Å². The van der Waals surface area contributed by atoms with E-state index in [9.17, 15) is 0 Å². The molecule has 0 radical (unpaired) electrons. The number of rotatable bonds is 4. The van der Waals surface area contributed by atoms with Crippen LogP contribution < -0.4 is 10.5 Å². The maximum Gasteiger partial charge on any atom is 0.131 e. The van der Waals surface area contributed by atoms with Crippen LogP contribution in [0.3, 0.4) is 0 Å². The first-order valence-electron chi connectivity index (χ1n) is 5.40. The molecule has 0 bridgehead atoms. The number of ether oxygens (including phenoxy) is 1. The molecule has 5 nitrogen and oxygen atoms in total. The number of hydrogen-bond acceptors (Lipinski definition) is 4. The van der Waals surface area contributed by atoms with Crippen LogP contribution in [0.2, 0.25) is 0 Å². The zero-order valence-corrected chi connectivity index (χ0v) is 9.97. The average molecular weight is 242 g/mol. The van der Waals surface area contributed by atoms with Gasteiger partial charge in [0, 0.05) is 5.56 Å². The number of nitrogens with two attached hydrogens (primary N) is 1. The number of methoxy groups -OCH3 is 1. The number of benzene rings is 1. The number of imidazole rings is 1. The van der Waals surface area contributed by atoms with E-state index in [-0.39, 0.29) is 0 Å². The highest BCUT2D eigenvalue weighted by atomic mass is 16.5. The van der Waals surface area contributed by atoms with Gasteiger partial charge in [0.2, 0.25) is 0 Å². The van der Waals surface area contributed by atoms with Gasteiger partial charge >= 0.3 is 0 Å². The standard InChI is InChI=1S/C13H14N4O/c1-18-10-4-2-3-9(7-10)11(14)5-6-13-16-8-12(15)17-13/h2-8,14H,15H2,1H3,(H,16,17)/b6-5-,14-11?. The van der Waals surface area contributed by atoms with Crippen molar-refractivity contribution in [1.82, 2.24) is 9.97 Å². The maximum absolute atomic E-state index is 7.94. The van der Waals surface area contributed by atoms with Crippen molar-refractivity contribution in [1.29, 1.82) is 5.41 Å². The molecular formula is C13H14N4O. The SMILES string of the molecule is COc1cccc(C(=N)/C=C\c2ncc(N)[nH]2)c1. The molecule has 0 aliphatic heterocycles. The van der Waals surface area contributed by atoms with Gasteiger partial charge in [0.15, 0.2) is 0 Å². The van der Waals surface area contributed by atoms with Crippen molar-refractivity contribution in [2.45, 2.75) is 0 Å². The molecule has 5 heteroatoms. The van der Waals surface area contributed by atoms with Crippen LogP contribution in [0.5, 0.6) is 5.75 Å². The zero-order valence-electron chi connectivity index (χ0n) is 9.97.